The van der Waals surface area contributed by atoms with E-state index in [-0.39, 0.29) is 6.73 Å². The third-order valence-corrected chi connectivity index (χ3v) is 3.17. The fourth-order valence-corrected chi connectivity index (χ4v) is 1.97. The van der Waals surface area contributed by atoms with Crippen LogP contribution in [0.4, 0.5) is 0 Å². The molecule has 2 N–H and O–H groups in total. The van der Waals surface area contributed by atoms with Crippen LogP contribution in [0.15, 0.2) is 29.8 Å². The fraction of sp³-hybridized carbons (Fsp3) is 0.231. The largest absolute Gasteiger partial charge is 0.441 e. The van der Waals surface area contributed by atoms with Crippen molar-refractivity contribution in [3.05, 3.63) is 40.3 Å². The lowest BCUT2D eigenvalue weighted by Gasteiger charge is -2.06. The number of nitrogens with two attached hydrogens (primary N) is 1. The van der Waals surface area contributed by atoms with Gasteiger partial charge < -0.3 is 10.5 Å². The average molecular weight is 277 g/mol. The van der Waals surface area contributed by atoms with Crippen molar-refractivity contribution in [2.45, 2.75) is 19.7 Å². The lowest BCUT2D eigenvalue weighted by atomic mass is 10.3. The summed E-state index contributed by atoms with van der Waals surface area (Å²) in [4.78, 5) is 12.4. The molecule has 0 saturated heterocycles. The number of rotatable bonds is 5. The molecule has 100 valence electrons. The second-order valence-corrected chi connectivity index (χ2v) is 4.99. The summed E-state index contributed by atoms with van der Waals surface area (Å²) in [7, 11) is 0. The molecule has 0 spiro atoms. The van der Waals surface area contributed by atoms with Crippen molar-refractivity contribution < 1.29 is 9.53 Å². The first-order valence-corrected chi connectivity index (χ1v) is 6.70. The highest BCUT2D eigenvalue weighted by atomic mass is 32.1. The van der Waals surface area contributed by atoms with Crippen molar-refractivity contribution in [3.8, 4) is 0 Å². The monoisotopic (exact) mass is 277 g/mol. The molecule has 0 unspecified atom stereocenters. The average Bonchev–Trinajstić information content (AvgIpc) is 3.04. The zero-order valence-corrected chi connectivity index (χ0v) is 11.3. The maximum atomic E-state index is 11.2. The van der Waals surface area contributed by atoms with Gasteiger partial charge in [-0.25, -0.2) is 4.68 Å². The van der Waals surface area contributed by atoms with Crippen LogP contribution in [0.2, 0.25) is 0 Å². The Balaban J connectivity index is 1.90. The number of esters is 1. The van der Waals surface area contributed by atoms with Gasteiger partial charge in [0.05, 0.1) is 5.69 Å². The summed E-state index contributed by atoms with van der Waals surface area (Å²) in [6, 6.07) is 5.26. The van der Waals surface area contributed by atoms with Gasteiger partial charge in [-0.15, -0.1) is 11.3 Å². The zero-order chi connectivity index (χ0) is 13.7. The van der Waals surface area contributed by atoms with E-state index in [4.69, 9.17) is 10.5 Å². The van der Waals surface area contributed by atoms with Crippen molar-refractivity contribution in [3.63, 3.8) is 0 Å². The van der Waals surface area contributed by atoms with Gasteiger partial charge in [0.2, 0.25) is 0 Å². The molecule has 0 saturated carbocycles. The van der Waals surface area contributed by atoms with E-state index in [1.807, 2.05) is 35.7 Å². The van der Waals surface area contributed by atoms with Gasteiger partial charge in [-0.3, -0.25) is 4.79 Å². The van der Waals surface area contributed by atoms with E-state index < -0.39 is 12.0 Å². The maximum absolute atomic E-state index is 11.2. The number of carbonyl (C=O) groups is 1. The standard InChI is InChI=1S/C13H15N3O2S/c1-10(14)13(17)18-9-16-7-6-11(15-16)4-5-12-3-2-8-19-12/h2-8,10H,9,14H2,1H3/b5-4+/t10-/m0/s1. The normalized spacial score (nSPS) is 12.7. The molecule has 0 bridgehead atoms. The number of hydrogen-bond donors (Lipinski definition) is 1. The van der Waals surface area contributed by atoms with Gasteiger partial charge in [0.15, 0.2) is 6.73 Å². The Labute approximate surface area is 115 Å². The van der Waals surface area contributed by atoms with Gasteiger partial charge >= 0.3 is 5.97 Å². The molecule has 0 aliphatic rings. The summed E-state index contributed by atoms with van der Waals surface area (Å²) < 4.78 is 6.52. The minimum Gasteiger partial charge on any atom is -0.441 e. The van der Waals surface area contributed by atoms with Crippen molar-refractivity contribution in [2.24, 2.45) is 5.73 Å². The van der Waals surface area contributed by atoms with Crippen LogP contribution < -0.4 is 5.73 Å². The smallest absolute Gasteiger partial charge is 0.324 e. The number of hydrogen-bond acceptors (Lipinski definition) is 5. The molecule has 0 aliphatic heterocycles. The van der Waals surface area contributed by atoms with E-state index in [0.717, 1.165) is 10.6 Å². The predicted molar refractivity (Wildman–Crippen MR) is 75.2 cm³/mol. The second kappa shape index (κ2) is 6.31. The van der Waals surface area contributed by atoms with E-state index in [2.05, 4.69) is 5.10 Å². The molecule has 2 aromatic heterocycles. The fourth-order valence-electron chi connectivity index (χ4n) is 1.35. The van der Waals surface area contributed by atoms with Crippen LogP contribution >= 0.6 is 11.3 Å². The number of carbonyl (C=O) groups excluding carboxylic acids is 1. The first-order chi connectivity index (χ1) is 9.15. The molecule has 19 heavy (non-hydrogen) atoms. The Kier molecular flexibility index (Phi) is 4.48. The molecule has 6 heteroatoms. The van der Waals surface area contributed by atoms with Gasteiger partial charge in [-0.05, 0) is 36.6 Å². The number of aromatic nitrogens is 2. The molecule has 2 heterocycles. The highest BCUT2D eigenvalue weighted by Gasteiger charge is 2.08. The van der Waals surface area contributed by atoms with Crippen LogP contribution in [0.5, 0.6) is 0 Å². The minimum absolute atomic E-state index is 0.0766. The summed E-state index contributed by atoms with van der Waals surface area (Å²) in [6.45, 7) is 1.66. The van der Waals surface area contributed by atoms with Crippen LogP contribution in [0.25, 0.3) is 12.2 Å². The third kappa shape index (κ3) is 4.04. The number of ether oxygens (including phenoxy) is 1. The molecule has 0 fully saturated rings. The Hall–Kier alpha value is -1.92. The number of nitrogens with zero attached hydrogens (tertiary/aromatic N) is 2. The van der Waals surface area contributed by atoms with E-state index in [1.54, 1.807) is 29.1 Å². The summed E-state index contributed by atoms with van der Waals surface area (Å²) >= 11 is 1.66. The van der Waals surface area contributed by atoms with Gasteiger partial charge in [0, 0.05) is 11.1 Å². The molecule has 0 radical (unpaired) electrons. The Bertz CT molecular complexity index is 558. The van der Waals surface area contributed by atoms with E-state index in [1.165, 1.54) is 0 Å². The van der Waals surface area contributed by atoms with Gasteiger partial charge in [0.1, 0.15) is 6.04 Å². The lowest BCUT2D eigenvalue weighted by molar-refractivity contribution is -0.149. The van der Waals surface area contributed by atoms with Crippen LogP contribution in [-0.4, -0.2) is 21.8 Å². The van der Waals surface area contributed by atoms with E-state index >= 15 is 0 Å². The van der Waals surface area contributed by atoms with Crippen LogP contribution in [0.1, 0.15) is 17.5 Å². The van der Waals surface area contributed by atoms with Gasteiger partial charge in [-0.2, -0.15) is 5.10 Å². The number of thiophene rings is 1. The molecule has 0 aromatic carbocycles. The molecule has 2 rings (SSSR count). The maximum Gasteiger partial charge on any atom is 0.324 e. The van der Waals surface area contributed by atoms with Crippen LogP contribution in [-0.2, 0) is 16.3 Å². The third-order valence-electron chi connectivity index (χ3n) is 2.33. The van der Waals surface area contributed by atoms with Gasteiger partial charge in [-0.1, -0.05) is 6.07 Å². The van der Waals surface area contributed by atoms with Crippen molar-refractivity contribution in [2.75, 3.05) is 0 Å². The van der Waals surface area contributed by atoms with Crippen LogP contribution in [0.3, 0.4) is 0 Å². The molecular formula is C13H15N3O2S. The molecule has 0 amide bonds. The van der Waals surface area contributed by atoms with Crippen molar-refractivity contribution >= 4 is 29.5 Å². The SMILES string of the molecule is C[C@H](N)C(=O)OCn1ccc(/C=C/c2cccs2)n1. The molecule has 0 aliphatic carbocycles. The molecular weight excluding hydrogens is 262 g/mol. The quantitative estimate of drug-likeness (QED) is 0.848. The van der Waals surface area contributed by atoms with Crippen molar-refractivity contribution in [1.29, 1.82) is 0 Å². The molecule has 5 nitrogen and oxygen atoms in total. The Morgan fingerprint density at radius 1 is 1.58 bits per heavy atom. The summed E-state index contributed by atoms with van der Waals surface area (Å²) in [5.41, 5.74) is 6.20. The van der Waals surface area contributed by atoms with E-state index in [9.17, 15) is 4.79 Å². The Morgan fingerprint density at radius 2 is 2.42 bits per heavy atom. The zero-order valence-electron chi connectivity index (χ0n) is 10.5. The summed E-state index contributed by atoms with van der Waals surface area (Å²) in [5.74, 6) is -0.439. The molecule has 2 aromatic rings. The highest BCUT2D eigenvalue weighted by molar-refractivity contribution is 7.10. The summed E-state index contributed by atoms with van der Waals surface area (Å²) in [6.07, 6.45) is 5.66. The first kappa shape index (κ1) is 13.5. The van der Waals surface area contributed by atoms with Crippen molar-refractivity contribution in [1.82, 2.24) is 9.78 Å². The van der Waals surface area contributed by atoms with E-state index in [0.29, 0.717) is 0 Å². The lowest BCUT2D eigenvalue weighted by Crippen LogP contribution is -2.29. The molecule has 1 atom stereocenters. The highest BCUT2D eigenvalue weighted by Crippen LogP contribution is 2.12. The Morgan fingerprint density at radius 3 is 3.11 bits per heavy atom. The van der Waals surface area contributed by atoms with Crippen LogP contribution in [0, 0.1) is 0 Å². The second-order valence-electron chi connectivity index (χ2n) is 4.01. The predicted octanol–water partition coefficient (Wildman–Crippen LogP) is 1.96. The summed E-state index contributed by atoms with van der Waals surface area (Å²) in [5, 5.41) is 6.28. The van der Waals surface area contributed by atoms with Gasteiger partial charge in [0.25, 0.3) is 0 Å². The topological polar surface area (TPSA) is 70.1 Å². The minimum atomic E-state index is -0.617. The first-order valence-electron chi connectivity index (χ1n) is 5.82.